The van der Waals surface area contributed by atoms with Crippen LogP contribution in [0.25, 0.3) is 6.08 Å². The fourth-order valence-electron chi connectivity index (χ4n) is 1.50. The van der Waals surface area contributed by atoms with Crippen LogP contribution in [0.3, 0.4) is 0 Å². The molecule has 1 aromatic carbocycles. The van der Waals surface area contributed by atoms with Gasteiger partial charge in [-0.15, -0.1) is 11.8 Å². The number of nitrogens with zero attached hydrogens (tertiary/aromatic N) is 1. The standard InChI is InChI=1S/C14H19NO2S/c1-10(2)8-11-9-12(15(16)17)6-7-13(11)18-14(3,4)5/h6-9H,1-5H3. The van der Waals surface area contributed by atoms with Gasteiger partial charge < -0.3 is 0 Å². The Bertz CT molecular complexity index is 483. The monoisotopic (exact) mass is 265 g/mol. The van der Waals surface area contributed by atoms with Crippen molar-refractivity contribution < 1.29 is 4.92 Å². The summed E-state index contributed by atoms with van der Waals surface area (Å²) >= 11 is 1.72. The maximum Gasteiger partial charge on any atom is 0.270 e. The third kappa shape index (κ3) is 4.53. The molecule has 0 atom stereocenters. The zero-order valence-corrected chi connectivity index (χ0v) is 12.3. The predicted octanol–water partition coefficient (Wildman–Crippen LogP) is 4.91. The van der Waals surface area contributed by atoms with Gasteiger partial charge in [-0.3, -0.25) is 10.1 Å². The van der Waals surface area contributed by atoms with Gasteiger partial charge in [0.05, 0.1) is 4.92 Å². The highest BCUT2D eigenvalue weighted by Crippen LogP contribution is 2.36. The van der Waals surface area contributed by atoms with E-state index in [2.05, 4.69) is 20.8 Å². The van der Waals surface area contributed by atoms with Crippen LogP contribution in [-0.4, -0.2) is 9.67 Å². The smallest absolute Gasteiger partial charge is 0.258 e. The first kappa shape index (κ1) is 14.8. The summed E-state index contributed by atoms with van der Waals surface area (Å²) in [5.41, 5.74) is 2.19. The van der Waals surface area contributed by atoms with E-state index in [1.165, 1.54) is 0 Å². The zero-order chi connectivity index (χ0) is 13.9. The molecule has 0 saturated heterocycles. The van der Waals surface area contributed by atoms with E-state index in [0.29, 0.717) is 0 Å². The number of rotatable bonds is 3. The number of hydrogen-bond donors (Lipinski definition) is 0. The highest BCUT2D eigenvalue weighted by molar-refractivity contribution is 8.00. The molecule has 4 heteroatoms. The van der Waals surface area contributed by atoms with Gasteiger partial charge in [0.25, 0.3) is 5.69 Å². The molecule has 0 aliphatic heterocycles. The van der Waals surface area contributed by atoms with E-state index < -0.39 is 0 Å². The van der Waals surface area contributed by atoms with E-state index in [0.717, 1.165) is 16.0 Å². The molecule has 0 aliphatic carbocycles. The molecule has 0 aromatic heterocycles. The third-order valence-electron chi connectivity index (χ3n) is 2.06. The Morgan fingerprint density at radius 1 is 1.33 bits per heavy atom. The van der Waals surface area contributed by atoms with Gasteiger partial charge in [0.15, 0.2) is 0 Å². The number of nitro benzene ring substituents is 1. The van der Waals surface area contributed by atoms with Crippen LogP contribution in [-0.2, 0) is 0 Å². The van der Waals surface area contributed by atoms with Crippen molar-refractivity contribution >= 4 is 23.5 Å². The third-order valence-corrected chi connectivity index (χ3v) is 3.27. The summed E-state index contributed by atoms with van der Waals surface area (Å²) in [6.07, 6.45) is 1.99. The van der Waals surface area contributed by atoms with E-state index in [9.17, 15) is 10.1 Å². The molecule has 1 aromatic rings. The van der Waals surface area contributed by atoms with E-state index in [1.807, 2.05) is 26.0 Å². The molecule has 98 valence electrons. The summed E-state index contributed by atoms with van der Waals surface area (Å²) in [4.78, 5) is 11.5. The van der Waals surface area contributed by atoms with Gasteiger partial charge in [-0.2, -0.15) is 0 Å². The normalized spacial score (nSPS) is 11.2. The Hall–Kier alpha value is -1.29. The van der Waals surface area contributed by atoms with Crippen molar-refractivity contribution in [1.82, 2.24) is 0 Å². The fraction of sp³-hybridized carbons (Fsp3) is 0.429. The molecule has 3 nitrogen and oxygen atoms in total. The number of allylic oxidation sites excluding steroid dienone is 1. The van der Waals surface area contributed by atoms with Gasteiger partial charge in [-0.05, 0) is 25.5 Å². The molecule has 0 fully saturated rings. The average molecular weight is 265 g/mol. The first-order valence-corrected chi connectivity index (χ1v) is 6.63. The number of non-ortho nitro benzene ring substituents is 1. The average Bonchev–Trinajstić information content (AvgIpc) is 2.17. The predicted molar refractivity (Wildman–Crippen MR) is 78.0 cm³/mol. The largest absolute Gasteiger partial charge is 0.270 e. The fourth-order valence-corrected chi connectivity index (χ4v) is 2.53. The van der Waals surface area contributed by atoms with Crippen molar-refractivity contribution in [3.63, 3.8) is 0 Å². The van der Waals surface area contributed by atoms with Crippen LogP contribution < -0.4 is 0 Å². The highest BCUT2D eigenvalue weighted by atomic mass is 32.2. The first-order chi connectivity index (χ1) is 8.19. The first-order valence-electron chi connectivity index (χ1n) is 5.81. The maximum atomic E-state index is 10.8. The van der Waals surface area contributed by atoms with Crippen molar-refractivity contribution in [3.8, 4) is 0 Å². The quantitative estimate of drug-likeness (QED) is 0.443. The zero-order valence-electron chi connectivity index (χ0n) is 11.5. The number of nitro groups is 1. The lowest BCUT2D eigenvalue weighted by molar-refractivity contribution is -0.384. The Kier molecular flexibility index (Phi) is 4.57. The highest BCUT2D eigenvalue weighted by Gasteiger charge is 2.16. The van der Waals surface area contributed by atoms with Crippen LogP contribution in [0.15, 0.2) is 28.7 Å². The Morgan fingerprint density at radius 3 is 2.39 bits per heavy atom. The van der Waals surface area contributed by atoms with Gasteiger partial charge >= 0.3 is 0 Å². The lowest BCUT2D eigenvalue weighted by atomic mass is 10.1. The minimum absolute atomic E-state index is 0.0837. The lowest BCUT2D eigenvalue weighted by Crippen LogP contribution is -2.07. The van der Waals surface area contributed by atoms with Crippen LogP contribution in [0, 0.1) is 10.1 Å². The van der Waals surface area contributed by atoms with Crippen LogP contribution >= 0.6 is 11.8 Å². The Labute approximate surface area is 112 Å². The summed E-state index contributed by atoms with van der Waals surface area (Å²) in [6.45, 7) is 10.4. The molecule has 0 heterocycles. The van der Waals surface area contributed by atoms with Crippen LogP contribution in [0.2, 0.25) is 0 Å². The molecule has 0 amide bonds. The Balaban J connectivity index is 3.25. The van der Waals surface area contributed by atoms with E-state index >= 15 is 0 Å². The summed E-state index contributed by atoms with van der Waals surface area (Å²) in [5.74, 6) is 0. The second kappa shape index (κ2) is 5.57. The molecule has 0 bridgehead atoms. The molecule has 1 rings (SSSR count). The second-order valence-electron chi connectivity index (χ2n) is 5.42. The van der Waals surface area contributed by atoms with Crippen molar-refractivity contribution in [2.75, 3.05) is 0 Å². The molecule has 18 heavy (non-hydrogen) atoms. The SMILES string of the molecule is CC(C)=Cc1cc([N+](=O)[O-])ccc1SC(C)(C)C. The van der Waals surface area contributed by atoms with Crippen molar-refractivity contribution in [2.45, 2.75) is 44.3 Å². The molecular weight excluding hydrogens is 246 g/mol. The minimum Gasteiger partial charge on any atom is -0.258 e. The molecule has 0 saturated carbocycles. The van der Waals surface area contributed by atoms with Crippen LogP contribution in [0.1, 0.15) is 40.2 Å². The van der Waals surface area contributed by atoms with Gasteiger partial charge in [0.2, 0.25) is 0 Å². The number of hydrogen-bond acceptors (Lipinski definition) is 3. The molecule has 0 N–H and O–H groups in total. The molecule has 0 spiro atoms. The summed E-state index contributed by atoms with van der Waals surface area (Å²) in [7, 11) is 0. The Morgan fingerprint density at radius 2 is 1.94 bits per heavy atom. The van der Waals surface area contributed by atoms with Crippen molar-refractivity contribution in [2.24, 2.45) is 0 Å². The molecule has 0 radical (unpaired) electrons. The van der Waals surface area contributed by atoms with Gasteiger partial charge in [0.1, 0.15) is 0 Å². The topological polar surface area (TPSA) is 43.1 Å². The van der Waals surface area contributed by atoms with Gasteiger partial charge in [-0.25, -0.2) is 0 Å². The molecule has 0 aliphatic rings. The van der Waals surface area contributed by atoms with Gasteiger partial charge in [-0.1, -0.05) is 32.4 Å². The van der Waals surface area contributed by atoms with E-state index in [4.69, 9.17) is 0 Å². The van der Waals surface area contributed by atoms with Crippen molar-refractivity contribution in [1.29, 1.82) is 0 Å². The van der Waals surface area contributed by atoms with E-state index in [-0.39, 0.29) is 15.4 Å². The van der Waals surface area contributed by atoms with Crippen molar-refractivity contribution in [3.05, 3.63) is 39.4 Å². The summed E-state index contributed by atoms with van der Waals surface area (Å²) in [6, 6.07) is 5.04. The number of benzene rings is 1. The summed E-state index contributed by atoms with van der Waals surface area (Å²) in [5, 5.41) is 10.8. The molecule has 0 unspecified atom stereocenters. The van der Waals surface area contributed by atoms with Crippen LogP contribution in [0.5, 0.6) is 0 Å². The van der Waals surface area contributed by atoms with Crippen LogP contribution in [0.4, 0.5) is 5.69 Å². The lowest BCUT2D eigenvalue weighted by Gasteiger charge is -2.19. The van der Waals surface area contributed by atoms with E-state index in [1.54, 1.807) is 23.9 Å². The second-order valence-corrected chi connectivity index (χ2v) is 7.28. The molecular formula is C14H19NO2S. The summed E-state index contributed by atoms with van der Waals surface area (Å²) < 4.78 is 0.0837. The minimum atomic E-state index is -0.353. The van der Waals surface area contributed by atoms with Gasteiger partial charge in [0, 0.05) is 21.8 Å². The number of thioether (sulfide) groups is 1. The maximum absolute atomic E-state index is 10.8.